The smallest absolute Gasteiger partial charge is 0.429 e. The van der Waals surface area contributed by atoms with Gasteiger partial charge in [0.2, 0.25) is 0 Å². The van der Waals surface area contributed by atoms with E-state index in [1.54, 1.807) is 0 Å². The molecule has 3 aromatic rings. The van der Waals surface area contributed by atoms with E-state index in [1.807, 2.05) is 73.3 Å². The first-order valence-electron chi connectivity index (χ1n) is 8.80. The van der Waals surface area contributed by atoms with Crippen LogP contribution in [0.4, 0.5) is 4.79 Å². The topological polar surface area (TPSA) is 35.5 Å². The van der Waals surface area contributed by atoms with E-state index < -0.39 is 6.16 Å². The van der Waals surface area contributed by atoms with Crippen molar-refractivity contribution in [3.05, 3.63) is 101 Å². The standard InChI is InChI=1S/C23H22O3S/c1-18-14-22(26-23(24)25-15-19-8-4-2-5-9-19)13-12-21(18)17-27-16-20-10-6-3-7-11-20/h2-14H,15-17H2,1H3. The van der Waals surface area contributed by atoms with Gasteiger partial charge >= 0.3 is 6.16 Å². The number of hydrogen-bond acceptors (Lipinski definition) is 4. The zero-order valence-corrected chi connectivity index (χ0v) is 16.1. The summed E-state index contributed by atoms with van der Waals surface area (Å²) in [5.41, 5.74) is 4.59. The molecule has 0 N–H and O–H groups in total. The van der Waals surface area contributed by atoms with Crippen molar-refractivity contribution in [2.45, 2.75) is 25.0 Å². The van der Waals surface area contributed by atoms with E-state index in [1.165, 1.54) is 11.1 Å². The summed E-state index contributed by atoms with van der Waals surface area (Å²) in [6.07, 6.45) is -0.690. The molecule has 0 atom stereocenters. The number of thioether (sulfide) groups is 1. The van der Waals surface area contributed by atoms with Gasteiger partial charge in [-0.15, -0.1) is 0 Å². The van der Waals surface area contributed by atoms with Gasteiger partial charge in [-0.05, 0) is 41.3 Å². The van der Waals surface area contributed by atoms with E-state index in [4.69, 9.17) is 9.47 Å². The van der Waals surface area contributed by atoms with Crippen LogP contribution in [0.25, 0.3) is 0 Å². The summed E-state index contributed by atoms with van der Waals surface area (Å²) < 4.78 is 10.4. The molecule has 3 rings (SSSR count). The van der Waals surface area contributed by atoms with Gasteiger partial charge in [0.1, 0.15) is 12.4 Å². The van der Waals surface area contributed by atoms with Crippen LogP contribution >= 0.6 is 11.8 Å². The van der Waals surface area contributed by atoms with Crippen LogP contribution in [0.15, 0.2) is 78.9 Å². The van der Waals surface area contributed by atoms with Crippen molar-refractivity contribution >= 4 is 17.9 Å². The molecule has 0 amide bonds. The minimum Gasteiger partial charge on any atom is -0.429 e. The van der Waals surface area contributed by atoms with Crippen molar-refractivity contribution in [1.82, 2.24) is 0 Å². The molecule has 3 nitrogen and oxygen atoms in total. The van der Waals surface area contributed by atoms with Crippen LogP contribution in [-0.4, -0.2) is 6.16 Å². The van der Waals surface area contributed by atoms with Gasteiger partial charge in [0.05, 0.1) is 0 Å². The second-order valence-corrected chi connectivity index (χ2v) is 7.18. The number of hydrogen-bond donors (Lipinski definition) is 0. The maximum atomic E-state index is 11.9. The summed E-state index contributed by atoms with van der Waals surface area (Å²) in [7, 11) is 0. The molecule has 0 fully saturated rings. The number of ether oxygens (including phenoxy) is 2. The molecule has 0 aliphatic carbocycles. The lowest BCUT2D eigenvalue weighted by Crippen LogP contribution is -2.10. The summed E-state index contributed by atoms with van der Waals surface area (Å²) in [4.78, 5) is 11.9. The van der Waals surface area contributed by atoms with Gasteiger partial charge in [0, 0.05) is 11.5 Å². The largest absolute Gasteiger partial charge is 0.514 e. The Morgan fingerprint density at radius 1 is 0.852 bits per heavy atom. The Kier molecular flexibility index (Phi) is 6.94. The molecule has 0 heterocycles. The van der Waals surface area contributed by atoms with E-state index in [9.17, 15) is 4.79 Å². The van der Waals surface area contributed by atoms with Crippen molar-refractivity contribution in [2.24, 2.45) is 0 Å². The maximum Gasteiger partial charge on any atom is 0.514 e. The molecule has 0 saturated carbocycles. The fraction of sp³-hybridized carbons (Fsp3) is 0.174. The van der Waals surface area contributed by atoms with Crippen LogP contribution in [0.3, 0.4) is 0 Å². The molecule has 0 aromatic heterocycles. The quantitative estimate of drug-likeness (QED) is 0.365. The van der Waals surface area contributed by atoms with Crippen LogP contribution in [0.2, 0.25) is 0 Å². The Labute approximate surface area is 164 Å². The second-order valence-electron chi connectivity index (χ2n) is 6.19. The van der Waals surface area contributed by atoms with E-state index >= 15 is 0 Å². The molecular weight excluding hydrogens is 356 g/mol. The molecule has 0 saturated heterocycles. The van der Waals surface area contributed by atoms with Gasteiger partial charge in [0.15, 0.2) is 0 Å². The monoisotopic (exact) mass is 378 g/mol. The molecule has 3 aromatic carbocycles. The highest BCUT2D eigenvalue weighted by Gasteiger charge is 2.08. The average Bonchev–Trinajstić information content (AvgIpc) is 2.70. The zero-order valence-electron chi connectivity index (χ0n) is 15.3. The van der Waals surface area contributed by atoms with Gasteiger partial charge in [-0.25, -0.2) is 4.79 Å². The normalized spacial score (nSPS) is 10.4. The summed E-state index contributed by atoms with van der Waals surface area (Å²) in [6, 6.07) is 25.7. The van der Waals surface area contributed by atoms with E-state index in [0.717, 1.165) is 22.6 Å². The summed E-state index contributed by atoms with van der Waals surface area (Å²) >= 11 is 1.87. The Morgan fingerprint density at radius 2 is 1.52 bits per heavy atom. The van der Waals surface area contributed by atoms with Gasteiger partial charge in [-0.2, -0.15) is 11.8 Å². The van der Waals surface area contributed by atoms with Crippen molar-refractivity contribution < 1.29 is 14.3 Å². The van der Waals surface area contributed by atoms with Crippen LogP contribution in [-0.2, 0) is 22.8 Å². The fourth-order valence-corrected chi connectivity index (χ4v) is 3.66. The van der Waals surface area contributed by atoms with Gasteiger partial charge in [-0.1, -0.05) is 66.7 Å². The third kappa shape index (κ3) is 6.19. The fourth-order valence-electron chi connectivity index (χ4n) is 2.59. The number of aryl methyl sites for hydroxylation is 1. The summed E-state index contributed by atoms with van der Waals surface area (Å²) in [5.74, 6) is 2.39. The Balaban J connectivity index is 1.48. The summed E-state index contributed by atoms with van der Waals surface area (Å²) in [5, 5.41) is 0. The van der Waals surface area contributed by atoms with Crippen molar-refractivity contribution in [3.8, 4) is 5.75 Å². The molecule has 0 aliphatic heterocycles. The average molecular weight is 378 g/mol. The highest BCUT2D eigenvalue weighted by molar-refractivity contribution is 7.97. The Morgan fingerprint density at radius 3 is 2.19 bits per heavy atom. The summed E-state index contributed by atoms with van der Waals surface area (Å²) in [6.45, 7) is 2.23. The second kappa shape index (κ2) is 9.83. The molecule has 0 bridgehead atoms. The van der Waals surface area contributed by atoms with Gasteiger partial charge in [0.25, 0.3) is 0 Å². The molecule has 27 heavy (non-hydrogen) atoms. The van der Waals surface area contributed by atoms with Crippen LogP contribution in [0.5, 0.6) is 5.75 Å². The lowest BCUT2D eigenvalue weighted by atomic mass is 10.1. The minimum atomic E-state index is -0.690. The highest BCUT2D eigenvalue weighted by Crippen LogP contribution is 2.23. The van der Waals surface area contributed by atoms with E-state index in [2.05, 4.69) is 24.3 Å². The molecule has 138 valence electrons. The van der Waals surface area contributed by atoms with Crippen molar-refractivity contribution in [1.29, 1.82) is 0 Å². The predicted molar refractivity (Wildman–Crippen MR) is 110 cm³/mol. The molecular formula is C23H22O3S. The lowest BCUT2D eigenvalue weighted by Gasteiger charge is -2.10. The van der Waals surface area contributed by atoms with Gasteiger partial charge in [-0.3, -0.25) is 0 Å². The van der Waals surface area contributed by atoms with Crippen LogP contribution in [0, 0.1) is 6.92 Å². The third-order valence-corrected chi connectivity index (χ3v) is 5.14. The van der Waals surface area contributed by atoms with Crippen molar-refractivity contribution in [2.75, 3.05) is 0 Å². The molecule has 0 aliphatic rings. The number of carbonyl (C=O) groups is 1. The SMILES string of the molecule is Cc1cc(OC(=O)OCc2ccccc2)ccc1CSCc1ccccc1. The molecule has 0 radical (unpaired) electrons. The van der Waals surface area contributed by atoms with E-state index in [0.29, 0.717) is 5.75 Å². The lowest BCUT2D eigenvalue weighted by molar-refractivity contribution is 0.0927. The highest BCUT2D eigenvalue weighted by atomic mass is 32.2. The van der Waals surface area contributed by atoms with Crippen molar-refractivity contribution in [3.63, 3.8) is 0 Å². The van der Waals surface area contributed by atoms with Gasteiger partial charge < -0.3 is 9.47 Å². The van der Waals surface area contributed by atoms with Crippen LogP contribution in [0.1, 0.15) is 22.3 Å². The number of rotatable bonds is 7. The first-order chi connectivity index (χ1) is 13.2. The Bertz CT molecular complexity index is 863. The number of benzene rings is 3. The predicted octanol–water partition coefficient (Wildman–Crippen LogP) is 6.14. The minimum absolute atomic E-state index is 0.201. The first kappa shape index (κ1) is 19.1. The third-order valence-electron chi connectivity index (χ3n) is 4.08. The Hall–Kier alpha value is -2.72. The van der Waals surface area contributed by atoms with E-state index in [-0.39, 0.29) is 6.61 Å². The number of carbonyl (C=O) groups excluding carboxylic acids is 1. The first-order valence-corrected chi connectivity index (χ1v) is 9.96. The maximum absolute atomic E-state index is 11.9. The zero-order chi connectivity index (χ0) is 18.9. The molecule has 0 spiro atoms. The molecule has 0 unspecified atom stereocenters. The van der Waals surface area contributed by atoms with Crippen LogP contribution < -0.4 is 4.74 Å². The molecule has 4 heteroatoms.